The van der Waals surface area contributed by atoms with Crippen LogP contribution in [-0.4, -0.2) is 16.0 Å². The summed E-state index contributed by atoms with van der Waals surface area (Å²) in [5.41, 5.74) is 1.92. The van der Waals surface area contributed by atoms with Crippen LogP contribution in [0.25, 0.3) is 10.9 Å². The molecule has 1 aromatic heterocycles. The number of amides is 1. The number of hydrogen-bond acceptors (Lipinski definition) is 3. The average molecular weight is 292 g/mol. The predicted octanol–water partition coefficient (Wildman–Crippen LogP) is 3.43. The number of nitrogens with one attached hydrogen (secondary N) is 1. The van der Waals surface area contributed by atoms with E-state index in [-0.39, 0.29) is 23.3 Å². The van der Waals surface area contributed by atoms with Crippen molar-refractivity contribution in [3.8, 4) is 5.75 Å². The number of phenolic OH excluding ortho intramolecular Hbond substituents is 1. The van der Waals surface area contributed by atoms with Crippen LogP contribution in [0, 0.1) is 0 Å². The summed E-state index contributed by atoms with van der Waals surface area (Å²) in [6.07, 6.45) is 1.66. The number of aromatic hydroxyl groups is 1. The zero-order chi connectivity index (χ0) is 15.5. The number of benzene rings is 2. The summed E-state index contributed by atoms with van der Waals surface area (Å²) in [5.74, 6) is -0.361. The Morgan fingerprint density at radius 1 is 1.14 bits per heavy atom. The van der Waals surface area contributed by atoms with Gasteiger partial charge < -0.3 is 10.4 Å². The number of carbonyl (C=O) groups is 1. The number of phenols is 1. The van der Waals surface area contributed by atoms with Gasteiger partial charge in [-0.2, -0.15) is 0 Å². The van der Waals surface area contributed by atoms with Gasteiger partial charge in [-0.1, -0.05) is 36.4 Å². The Morgan fingerprint density at radius 2 is 1.91 bits per heavy atom. The Morgan fingerprint density at radius 3 is 2.68 bits per heavy atom. The van der Waals surface area contributed by atoms with Gasteiger partial charge in [-0.3, -0.25) is 9.78 Å². The molecule has 22 heavy (non-hydrogen) atoms. The van der Waals surface area contributed by atoms with Crippen LogP contribution < -0.4 is 5.32 Å². The van der Waals surface area contributed by atoms with Gasteiger partial charge in [0.15, 0.2) is 0 Å². The van der Waals surface area contributed by atoms with Gasteiger partial charge in [-0.25, -0.2) is 0 Å². The largest absolute Gasteiger partial charge is 0.507 e. The van der Waals surface area contributed by atoms with E-state index in [0.717, 1.165) is 10.9 Å². The SMILES string of the molecule is CC(NC(=O)c1cc2ncccc2cc1O)c1ccccc1. The van der Waals surface area contributed by atoms with E-state index in [1.54, 1.807) is 24.4 Å². The first-order valence-electron chi connectivity index (χ1n) is 7.08. The minimum atomic E-state index is -0.318. The highest BCUT2D eigenvalue weighted by atomic mass is 16.3. The van der Waals surface area contributed by atoms with Crippen molar-refractivity contribution in [1.82, 2.24) is 10.3 Å². The minimum Gasteiger partial charge on any atom is -0.507 e. The molecule has 2 aromatic carbocycles. The summed E-state index contributed by atoms with van der Waals surface area (Å²) in [7, 11) is 0. The minimum absolute atomic E-state index is 0.0433. The number of pyridine rings is 1. The molecule has 4 heteroatoms. The number of fused-ring (bicyclic) bond motifs is 1. The van der Waals surface area contributed by atoms with Crippen molar-refractivity contribution >= 4 is 16.8 Å². The molecule has 0 fully saturated rings. The van der Waals surface area contributed by atoms with E-state index >= 15 is 0 Å². The van der Waals surface area contributed by atoms with Gasteiger partial charge in [0.2, 0.25) is 0 Å². The maximum atomic E-state index is 12.4. The Kier molecular flexibility index (Phi) is 3.74. The van der Waals surface area contributed by atoms with E-state index < -0.39 is 0 Å². The Bertz CT molecular complexity index is 816. The number of rotatable bonds is 3. The van der Waals surface area contributed by atoms with Crippen molar-refractivity contribution in [2.45, 2.75) is 13.0 Å². The fraction of sp³-hybridized carbons (Fsp3) is 0.111. The third-order valence-corrected chi connectivity index (χ3v) is 3.61. The average Bonchev–Trinajstić information content (AvgIpc) is 2.54. The molecule has 0 spiro atoms. The summed E-state index contributed by atoms with van der Waals surface area (Å²) in [6.45, 7) is 1.91. The zero-order valence-electron chi connectivity index (χ0n) is 12.2. The quantitative estimate of drug-likeness (QED) is 0.777. The lowest BCUT2D eigenvalue weighted by Crippen LogP contribution is -2.26. The summed E-state index contributed by atoms with van der Waals surface area (Å²) in [4.78, 5) is 16.6. The van der Waals surface area contributed by atoms with E-state index in [2.05, 4.69) is 10.3 Å². The second-order valence-electron chi connectivity index (χ2n) is 5.17. The van der Waals surface area contributed by atoms with Crippen LogP contribution in [-0.2, 0) is 0 Å². The summed E-state index contributed by atoms with van der Waals surface area (Å²) < 4.78 is 0. The van der Waals surface area contributed by atoms with Crippen molar-refractivity contribution in [1.29, 1.82) is 0 Å². The maximum absolute atomic E-state index is 12.4. The molecule has 0 radical (unpaired) electrons. The van der Waals surface area contributed by atoms with Gasteiger partial charge in [0.25, 0.3) is 5.91 Å². The van der Waals surface area contributed by atoms with Crippen LogP contribution in [0.5, 0.6) is 5.75 Å². The van der Waals surface area contributed by atoms with Crippen molar-refractivity contribution in [3.63, 3.8) is 0 Å². The van der Waals surface area contributed by atoms with Crippen LogP contribution in [0.4, 0.5) is 0 Å². The fourth-order valence-electron chi connectivity index (χ4n) is 2.39. The number of aromatic nitrogens is 1. The molecule has 1 amide bonds. The lowest BCUT2D eigenvalue weighted by Gasteiger charge is -2.15. The smallest absolute Gasteiger partial charge is 0.255 e. The van der Waals surface area contributed by atoms with E-state index in [0.29, 0.717) is 5.52 Å². The highest BCUT2D eigenvalue weighted by Crippen LogP contribution is 2.24. The Labute approximate surface area is 128 Å². The van der Waals surface area contributed by atoms with Crippen LogP contribution in [0.15, 0.2) is 60.8 Å². The highest BCUT2D eigenvalue weighted by Gasteiger charge is 2.15. The van der Waals surface area contributed by atoms with Crippen LogP contribution >= 0.6 is 0 Å². The standard InChI is InChI=1S/C18H16N2O2/c1-12(13-6-3-2-4-7-13)20-18(22)15-11-16-14(10-17(15)21)8-5-9-19-16/h2-12,21H,1H3,(H,20,22). The lowest BCUT2D eigenvalue weighted by molar-refractivity contribution is 0.0937. The van der Waals surface area contributed by atoms with Gasteiger partial charge >= 0.3 is 0 Å². The Hall–Kier alpha value is -2.88. The molecule has 0 saturated heterocycles. The monoisotopic (exact) mass is 292 g/mol. The molecule has 3 aromatic rings. The molecular weight excluding hydrogens is 276 g/mol. The fourth-order valence-corrected chi connectivity index (χ4v) is 2.39. The van der Waals surface area contributed by atoms with E-state index in [9.17, 15) is 9.90 Å². The summed E-state index contributed by atoms with van der Waals surface area (Å²) in [6, 6.07) is 16.3. The lowest BCUT2D eigenvalue weighted by atomic mass is 10.1. The maximum Gasteiger partial charge on any atom is 0.255 e. The van der Waals surface area contributed by atoms with Gasteiger partial charge in [0, 0.05) is 11.6 Å². The number of carbonyl (C=O) groups excluding carboxylic acids is 1. The van der Waals surface area contributed by atoms with Crippen molar-refractivity contribution in [2.75, 3.05) is 0 Å². The molecule has 1 heterocycles. The molecule has 0 aliphatic heterocycles. The second kappa shape index (κ2) is 5.85. The van der Waals surface area contributed by atoms with Crippen LogP contribution in [0.3, 0.4) is 0 Å². The summed E-state index contributed by atoms with van der Waals surface area (Å²) in [5, 5.41) is 13.8. The summed E-state index contributed by atoms with van der Waals surface area (Å²) >= 11 is 0. The number of nitrogens with zero attached hydrogens (tertiary/aromatic N) is 1. The molecule has 1 unspecified atom stereocenters. The first-order valence-corrected chi connectivity index (χ1v) is 7.08. The van der Waals surface area contributed by atoms with Gasteiger partial charge in [-0.05, 0) is 30.7 Å². The van der Waals surface area contributed by atoms with Gasteiger partial charge in [0.1, 0.15) is 5.75 Å². The predicted molar refractivity (Wildman–Crippen MR) is 85.7 cm³/mol. The first-order chi connectivity index (χ1) is 10.6. The van der Waals surface area contributed by atoms with Crippen molar-refractivity contribution < 1.29 is 9.90 Å². The normalized spacial score (nSPS) is 12.0. The second-order valence-corrected chi connectivity index (χ2v) is 5.17. The van der Waals surface area contributed by atoms with Gasteiger partial charge in [-0.15, -0.1) is 0 Å². The van der Waals surface area contributed by atoms with E-state index in [1.165, 1.54) is 0 Å². The van der Waals surface area contributed by atoms with Crippen molar-refractivity contribution in [3.05, 3.63) is 71.9 Å². The molecule has 0 saturated carbocycles. The first kappa shape index (κ1) is 14.1. The van der Waals surface area contributed by atoms with E-state index in [4.69, 9.17) is 0 Å². The third-order valence-electron chi connectivity index (χ3n) is 3.61. The zero-order valence-corrected chi connectivity index (χ0v) is 12.2. The number of hydrogen-bond donors (Lipinski definition) is 2. The molecule has 3 rings (SSSR count). The molecule has 1 atom stereocenters. The molecule has 2 N–H and O–H groups in total. The molecule has 4 nitrogen and oxygen atoms in total. The molecule has 110 valence electrons. The van der Waals surface area contributed by atoms with E-state index in [1.807, 2.05) is 43.3 Å². The third kappa shape index (κ3) is 2.76. The molecule has 0 bridgehead atoms. The van der Waals surface area contributed by atoms with Crippen molar-refractivity contribution in [2.24, 2.45) is 0 Å². The Balaban J connectivity index is 1.87. The highest BCUT2D eigenvalue weighted by molar-refractivity contribution is 6.00. The molecule has 0 aliphatic rings. The van der Waals surface area contributed by atoms with Gasteiger partial charge in [0.05, 0.1) is 17.1 Å². The van der Waals surface area contributed by atoms with Crippen LogP contribution in [0.2, 0.25) is 0 Å². The van der Waals surface area contributed by atoms with Crippen LogP contribution in [0.1, 0.15) is 28.9 Å². The molecular formula is C18H16N2O2. The molecule has 0 aliphatic carbocycles. The topological polar surface area (TPSA) is 62.2 Å².